The fourth-order valence-corrected chi connectivity index (χ4v) is 4.30. The average molecular weight is 378 g/mol. The van der Waals surface area contributed by atoms with E-state index in [4.69, 9.17) is 4.42 Å². The Hall–Kier alpha value is -3.73. The Balaban J connectivity index is 1.89. The van der Waals surface area contributed by atoms with Gasteiger partial charge in [-0.05, 0) is 45.0 Å². The van der Waals surface area contributed by atoms with Gasteiger partial charge in [0.25, 0.3) is 0 Å². The molecule has 140 valence electrons. The van der Waals surface area contributed by atoms with Crippen molar-refractivity contribution in [3.63, 3.8) is 0 Å². The zero-order chi connectivity index (χ0) is 19.7. The molecule has 0 aliphatic heterocycles. The molecule has 3 aromatic carbocycles. The van der Waals surface area contributed by atoms with Crippen LogP contribution in [0.15, 0.2) is 59.0 Å². The topological polar surface area (TPSA) is 56.7 Å². The van der Waals surface area contributed by atoms with Gasteiger partial charge in [0.1, 0.15) is 22.7 Å². The molecule has 0 radical (unpaired) electrons. The molecule has 5 nitrogen and oxygen atoms in total. The molecule has 0 amide bonds. The minimum atomic E-state index is 0.617. The first-order valence-corrected chi connectivity index (χ1v) is 9.65. The van der Waals surface area contributed by atoms with Crippen molar-refractivity contribution in [3.8, 4) is 5.95 Å². The highest BCUT2D eigenvalue weighted by Gasteiger charge is 2.20. The number of aryl methyl sites for hydroxylation is 3. The highest BCUT2D eigenvalue weighted by atomic mass is 16.3. The zero-order valence-electron chi connectivity index (χ0n) is 16.4. The molecule has 0 unspecified atom stereocenters. The van der Waals surface area contributed by atoms with Crippen LogP contribution in [0, 0.1) is 20.8 Å². The van der Waals surface area contributed by atoms with Gasteiger partial charge in [0.2, 0.25) is 5.95 Å². The van der Waals surface area contributed by atoms with Gasteiger partial charge in [-0.3, -0.25) is 4.57 Å². The summed E-state index contributed by atoms with van der Waals surface area (Å²) in [6, 6.07) is 18.9. The van der Waals surface area contributed by atoms with E-state index in [1.165, 1.54) is 5.56 Å². The minimum Gasteiger partial charge on any atom is -0.454 e. The number of furan rings is 1. The van der Waals surface area contributed by atoms with Gasteiger partial charge in [-0.2, -0.15) is 9.97 Å². The van der Waals surface area contributed by atoms with Gasteiger partial charge in [-0.15, -0.1) is 0 Å². The lowest BCUT2D eigenvalue weighted by molar-refractivity contribution is 0.670. The molecular weight excluding hydrogens is 360 g/mol. The Bertz CT molecular complexity index is 1570. The lowest BCUT2D eigenvalue weighted by Gasteiger charge is -2.07. The summed E-state index contributed by atoms with van der Waals surface area (Å²) in [5.74, 6) is 2.02. The average Bonchev–Trinajstić information content (AvgIpc) is 3.22. The standard InChI is InChI=1S/C24H18N4O/c1-13-8-11-20-19(12-13)17-9-10-18-16-6-4-5-7-21(16)29-23(18)22(17)28(20)24-26-14(2)25-15(3)27-24/h4-12H,1-3H3. The van der Waals surface area contributed by atoms with E-state index < -0.39 is 0 Å². The van der Waals surface area contributed by atoms with Crippen LogP contribution in [0.3, 0.4) is 0 Å². The maximum absolute atomic E-state index is 6.36. The van der Waals surface area contributed by atoms with Crippen LogP contribution in [0.2, 0.25) is 0 Å². The Labute approximate surface area is 166 Å². The van der Waals surface area contributed by atoms with Crippen molar-refractivity contribution in [1.82, 2.24) is 19.5 Å². The second-order valence-electron chi connectivity index (χ2n) is 7.52. The molecule has 3 aromatic heterocycles. The summed E-state index contributed by atoms with van der Waals surface area (Å²) in [4.78, 5) is 13.7. The van der Waals surface area contributed by atoms with E-state index in [1.54, 1.807) is 0 Å². The molecule has 6 aromatic rings. The molecule has 0 bridgehead atoms. The van der Waals surface area contributed by atoms with Crippen molar-refractivity contribution in [1.29, 1.82) is 0 Å². The molecule has 0 aliphatic rings. The van der Waals surface area contributed by atoms with E-state index in [0.29, 0.717) is 17.6 Å². The summed E-state index contributed by atoms with van der Waals surface area (Å²) in [5, 5.41) is 4.50. The predicted octanol–water partition coefficient (Wildman–Crippen LogP) is 5.79. The van der Waals surface area contributed by atoms with E-state index in [9.17, 15) is 0 Å². The fraction of sp³-hybridized carbons (Fsp3) is 0.125. The minimum absolute atomic E-state index is 0.617. The number of aromatic nitrogens is 4. The monoisotopic (exact) mass is 378 g/mol. The largest absolute Gasteiger partial charge is 0.454 e. The number of rotatable bonds is 1. The lowest BCUT2D eigenvalue weighted by Crippen LogP contribution is -2.06. The number of para-hydroxylation sites is 1. The highest BCUT2D eigenvalue weighted by molar-refractivity contribution is 6.21. The maximum atomic E-state index is 6.36. The summed E-state index contributed by atoms with van der Waals surface area (Å²) in [6.45, 7) is 5.90. The molecule has 0 spiro atoms. The van der Waals surface area contributed by atoms with Crippen LogP contribution in [0.5, 0.6) is 0 Å². The van der Waals surface area contributed by atoms with Crippen molar-refractivity contribution in [2.24, 2.45) is 0 Å². The number of hydrogen-bond acceptors (Lipinski definition) is 4. The van der Waals surface area contributed by atoms with Crippen molar-refractivity contribution in [3.05, 3.63) is 71.8 Å². The Kier molecular flexibility index (Phi) is 3.16. The molecule has 0 saturated heterocycles. The van der Waals surface area contributed by atoms with E-state index in [-0.39, 0.29) is 0 Å². The van der Waals surface area contributed by atoms with Crippen LogP contribution in [0.1, 0.15) is 17.2 Å². The van der Waals surface area contributed by atoms with Gasteiger partial charge >= 0.3 is 0 Å². The van der Waals surface area contributed by atoms with Gasteiger partial charge < -0.3 is 4.42 Å². The summed E-state index contributed by atoms with van der Waals surface area (Å²) < 4.78 is 8.46. The summed E-state index contributed by atoms with van der Waals surface area (Å²) >= 11 is 0. The summed E-state index contributed by atoms with van der Waals surface area (Å²) in [5.41, 5.74) is 5.00. The highest BCUT2D eigenvalue weighted by Crippen LogP contribution is 2.39. The van der Waals surface area contributed by atoms with Gasteiger partial charge in [-0.25, -0.2) is 4.98 Å². The van der Waals surface area contributed by atoms with Gasteiger partial charge in [-0.1, -0.05) is 35.9 Å². The van der Waals surface area contributed by atoms with Crippen LogP contribution in [-0.4, -0.2) is 19.5 Å². The zero-order valence-corrected chi connectivity index (χ0v) is 16.4. The molecule has 5 heteroatoms. The number of hydrogen-bond donors (Lipinski definition) is 0. The molecule has 0 fully saturated rings. The number of benzene rings is 3. The maximum Gasteiger partial charge on any atom is 0.238 e. The third kappa shape index (κ3) is 2.24. The van der Waals surface area contributed by atoms with Gasteiger partial charge in [0.15, 0.2) is 5.58 Å². The number of nitrogens with zero attached hydrogens (tertiary/aromatic N) is 4. The number of fused-ring (bicyclic) bond motifs is 7. The van der Waals surface area contributed by atoms with Crippen LogP contribution in [0.4, 0.5) is 0 Å². The Morgan fingerprint density at radius 2 is 1.48 bits per heavy atom. The van der Waals surface area contributed by atoms with Crippen molar-refractivity contribution in [2.45, 2.75) is 20.8 Å². The summed E-state index contributed by atoms with van der Waals surface area (Å²) in [6.07, 6.45) is 0. The Morgan fingerprint density at radius 1 is 0.724 bits per heavy atom. The van der Waals surface area contributed by atoms with Crippen LogP contribution in [0.25, 0.3) is 49.7 Å². The predicted molar refractivity (Wildman–Crippen MR) is 116 cm³/mol. The van der Waals surface area contributed by atoms with Gasteiger partial charge in [0, 0.05) is 21.5 Å². The first kappa shape index (κ1) is 16.2. The third-order valence-electron chi connectivity index (χ3n) is 5.47. The van der Waals surface area contributed by atoms with Crippen LogP contribution < -0.4 is 0 Å². The quantitative estimate of drug-likeness (QED) is 0.363. The van der Waals surface area contributed by atoms with Crippen molar-refractivity contribution in [2.75, 3.05) is 0 Å². The first-order valence-electron chi connectivity index (χ1n) is 9.65. The summed E-state index contributed by atoms with van der Waals surface area (Å²) in [7, 11) is 0. The smallest absolute Gasteiger partial charge is 0.238 e. The third-order valence-corrected chi connectivity index (χ3v) is 5.47. The normalized spacial score (nSPS) is 12.0. The molecule has 29 heavy (non-hydrogen) atoms. The van der Waals surface area contributed by atoms with Crippen LogP contribution >= 0.6 is 0 Å². The molecular formula is C24H18N4O. The van der Waals surface area contributed by atoms with Crippen molar-refractivity contribution >= 4 is 43.7 Å². The van der Waals surface area contributed by atoms with E-state index in [1.807, 2.05) is 32.0 Å². The lowest BCUT2D eigenvalue weighted by atomic mass is 10.1. The van der Waals surface area contributed by atoms with E-state index in [0.717, 1.165) is 43.7 Å². The molecule has 0 aliphatic carbocycles. The molecule has 0 N–H and O–H groups in total. The second kappa shape index (κ2) is 5.64. The molecule has 0 saturated carbocycles. The molecule has 3 heterocycles. The SMILES string of the molecule is Cc1ccc2c(c1)c1ccc3c4ccccc4oc3c1n2-c1nc(C)nc(C)n1. The van der Waals surface area contributed by atoms with Gasteiger partial charge in [0.05, 0.1) is 5.52 Å². The van der Waals surface area contributed by atoms with Crippen molar-refractivity contribution < 1.29 is 4.42 Å². The Morgan fingerprint density at radius 3 is 2.31 bits per heavy atom. The second-order valence-corrected chi connectivity index (χ2v) is 7.52. The molecule has 6 rings (SSSR count). The first-order chi connectivity index (χ1) is 14.1. The molecule has 0 atom stereocenters. The van der Waals surface area contributed by atoms with E-state index in [2.05, 4.69) is 62.8 Å². The fourth-order valence-electron chi connectivity index (χ4n) is 4.30. The van der Waals surface area contributed by atoms with Crippen LogP contribution in [-0.2, 0) is 0 Å². The van der Waals surface area contributed by atoms with E-state index >= 15 is 0 Å².